The second kappa shape index (κ2) is 9.33. The van der Waals surface area contributed by atoms with Crippen molar-refractivity contribution in [3.63, 3.8) is 0 Å². The Morgan fingerprint density at radius 1 is 1.42 bits per heavy atom. The lowest BCUT2D eigenvalue weighted by molar-refractivity contribution is 0.476. The van der Waals surface area contributed by atoms with Crippen LogP contribution in [0.3, 0.4) is 0 Å². The number of nitrogens with zero attached hydrogens (tertiary/aromatic N) is 3. The molecule has 0 amide bonds. The number of rotatable bonds is 7. The predicted octanol–water partition coefficient (Wildman–Crippen LogP) is 3.40. The Morgan fingerprint density at radius 3 is 2.92 bits per heavy atom. The summed E-state index contributed by atoms with van der Waals surface area (Å²) in [5, 5.41) is 11.1. The van der Waals surface area contributed by atoms with Crippen molar-refractivity contribution in [1.29, 1.82) is 0 Å². The third-order valence-corrected chi connectivity index (χ3v) is 4.04. The number of aromatic amines is 1. The van der Waals surface area contributed by atoms with E-state index >= 15 is 0 Å². The van der Waals surface area contributed by atoms with Crippen molar-refractivity contribution >= 4 is 17.6 Å². The van der Waals surface area contributed by atoms with Crippen molar-refractivity contribution in [3.05, 3.63) is 52.3 Å². The predicted molar refractivity (Wildman–Crippen MR) is 101 cm³/mol. The number of nitrogens with one attached hydrogen (secondary N) is 2. The van der Waals surface area contributed by atoms with Gasteiger partial charge in [-0.25, -0.2) is 0 Å². The Hall–Kier alpha value is -2.01. The Labute approximate surface area is 149 Å². The molecular formula is C18H26ClN5. The summed E-state index contributed by atoms with van der Waals surface area (Å²) in [5.74, 6) is 0.918. The molecule has 0 atom stereocenters. The molecule has 6 heteroatoms. The van der Waals surface area contributed by atoms with Gasteiger partial charge in [0.05, 0.1) is 6.20 Å². The van der Waals surface area contributed by atoms with Gasteiger partial charge in [-0.1, -0.05) is 23.7 Å². The molecule has 2 N–H and O–H groups in total. The number of hydrogen-bond donors (Lipinski definition) is 2. The first-order valence-corrected chi connectivity index (χ1v) is 8.70. The molecule has 2 rings (SSSR count). The van der Waals surface area contributed by atoms with E-state index in [-0.39, 0.29) is 0 Å². The van der Waals surface area contributed by atoms with Crippen LogP contribution in [0.2, 0.25) is 5.02 Å². The fraction of sp³-hybridized carbons (Fsp3) is 0.444. The Morgan fingerprint density at radius 2 is 2.25 bits per heavy atom. The first kappa shape index (κ1) is 18.3. The van der Waals surface area contributed by atoms with Crippen molar-refractivity contribution in [2.24, 2.45) is 4.99 Å². The molecule has 24 heavy (non-hydrogen) atoms. The lowest BCUT2D eigenvalue weighted by atomic mass is 10.1. The number of H-pyrrole nitrogens is 1. The maximum Gasteiger partial charge on any atom is 0.193 e. The highest BCUT2D eigenvalue weighted by molar-refractivity contribution is 6.30. The summed E-state index contributed by atoms with van der Waals surface area (Å²) < 4.78 is 0. The molecule has 0 saturated heterocycles. The lowest BCUT2D eigenvalue weighted by Crippen LogP contribution is -2.38. The van der Waals surface area contributed by atoms with Gasteiger partial charge in [-0.3, -0.25) is 10.1 Å². The highest BCUT2D eigenvalue weighted by Crippen LogP contribution is 2.12. The van der Waals surface area contributed by atoms with Gasteiger partial charge in [-0.2, -0.15) is 5.10 Å². The maximum absolute atomic E-state index is 6.06. The molecular weight excluding hydrogens is 322 g/mol. The van der Waals surface area contributed by atoms with Gasteiger partial charge in [-0.05, 0) is 49.9 Å². The molecule has 2 aromatic rings. The lowest BCUT2D eigenvalue weighted by Gasteiger charge is -2.22. The summed E-state index contributed by atoms with van der Waals surface area (Å²) in [4.78, 5) is 6.85. The third kappa shape index (κ3) is 5.57. The molecule has 5 nitrogen and oxygen atoms in total. The van der Waals surface area contributed by atoms with Crippen molar-refractivity contribution < 1.29 is 0 Å². The minimum absolute atomic E-state index is 0.762. The number of aliphatic imine (C=N–C) groups is 1. The number of halogens is 1. The third-order valence-electron chi connectivity index (χ3n) is 3.81. The first-order valence-electron chi connectivity index (χ1n) is 8.33. The fourth-order valence-electron chi connectivity index (χ4n) is 2.54. The molecule has 0 unspecified atom stereocenters. The van der Waals surface area contributed by atoms with E-state index in [1.54, 1.807) is 0 Å². The minimum atomic E-state index is 0.762. The second-order valence-electron chi connectivity index (χ2n) is 5.85. The van der Waals surface area contributed by atoms with E-state index in [4.69, 9.17) is 16.6 Å². The monoisotopic (exact) mass is 347 g/mol. The number of guanidine groups is 1. The normalized spacial score (nSPS) is 11.6. The minimum Gasteiger partial charge on any atom is -0.357 e. The van der Waals surface area contributed by atoms with Crippen LogP contribution in [-0.4, -0.2) is 41.2 Å². The van der Waals surface area contributed by atoms with Gasteiger partial charge < -0.3 is 10.2 Å². The highest BCUT2D eigenvalue weighted by atomic mass is 35.5. The van der Waals surface area contributed by atoms with Crippen LogP contribution in [0.5, 0.6) is 0 Å². The van der Waals surface area contributed by atoms with E-state index in [1.165, 1.54) is 11.1 Å². The molecule has 0 bridgehead atoms. The summed E-state index contributed by atoms with van der Waals surface area (Å²) in [6.07, 6.45) is 3.89. The zero-order valence-electron chi connectivity index (χ0n) is 14.6. The Bertz CT molecular complexity index is 665. The molecule has 0 aliphatic heterocycles. The Kier molecular flexibility index (Phi) is 7.12. The van der Waals surface area contributed by atoms with Crippen LogP contribution in [0.25, 0.3) is 0 Å². The van der Waals surface area contributed by atoms with Gasteiger partial charge in [0.15, 0.2) is 5.96 Å². The molecule has 0 fully saturated rings. The van der Waals surface area contributed by atoms with E-state index in [9.17, 15) is 0 Å². The van der Waals surface area contributed by atoms with Crippen LogP contribution in [0.1, 0.15) is 30.2 Å². The van der Waals surface area contributed by atoms with Crippen molar-refractivity contribution in [2.45, 2.75) is 33.2 Å². The second-order valence-corrected chi connectivity index (χ2v) is 6.28. The molecule has 0 aliphatic carbocycles. The zero-order chi connectivity index (χ0) is 17.4. The summed E-state index contributed by atoms with van der Waals surface area (Å²) in [6.45, 7) is 6.53. The van der Waals surface area contributed by atoms with E-state index in [1.807, 2.05) is 31.4 Å². The summed E-state index contributed by atoms with van der Waals surface area (Å²) in [5.41, 5.74) is 3.58. The largest absolute Gasteiger partial charge is 0.357 e. The molecule has 1 heterocycles. The van der Waals surface area contributed by atoms with Crippen molar-refractivity contribution in [2.75, 3.05) is 20.1 Å². The maximum atomic E-state index is 6.06. The van der Waals surface area contributed by atoms with Gasteiger partial charge in [0, 0.05) is 37.4 Å². The molecule has 130 valence electrons. The van der Waals surface area contributed by atoms with Crippen molar-refractivity contribution in [1.82, 2.24) is 20.4 Å². The number of aromatic nitrogens is 2. The van der Waals surface area contributed by atoms with Gasteiger partial charge in [0.25, 0.3) is 0 Å². The van der Waals surface area contributed by atoms with Crippen LogP contribution in [0.15, 0.2) is 35.5 Å². The van der Waals surface area contributed by atoms with Crippen LogP contribution in [-0.2, 0) is 13.0 Å². The summed E-state index contributed by atoms with van der Waals surface area (Å²) in [7, 11) is 2.04. The average molecular weight is 348 g/mol. The molecule has 1 aromatic heterocycles. The fourth-order valence-corrected chi connectivity index (χ4v) is 2.75. The Balaban J connectivity index is 1.90. The van der Waals surface area contributed by atoms with Crippen LogP contribution < -0.4 is 5.32 Å². The smallest absolute Gasteiger partial charge is 0.193 e. The van der Waals surface area contributed by atoms with Crippen LogP contribution in [0.4, 0.5) is 0 Å². The average Bonchev–Trinajstić information content (AvgIpc) is 2.95. The molecule has 0 spiro atoms. The van der Waals surface area contributed by atoms with Crippen LogP contribution in [0, 0.1) is 6.92 Å². The first-order chi connectivity index (χ1) is 11.6. The molecule has 1 aromatic carbocycles. The van der Waals surface area contributed by atoms with E-state index < -0.39 is 0 Å². The number of benzene rings is 1. The molecule has 0 radical (unpaired) electrons. The SMILES string of the molecule is CCNC(=NCCCc1cn[nH]c1C)N(C)Cc1cccc(Cl)c1. The van der Waals surface area contributed by atoms with Gasteiger partial charge in [-0.15, -0.1) is 0 Å². The topological polar surface area (TPSA) is 56.3 Å². The molecule has 0 saturated carbocycles. The highest BCUT2D eigenvalue weighted by Gasteiger charge is 2.07. The van der Waals surface area contributed by atoms with Gasteiger partial charge >= 0.3 is 0 Å². The molecule has 0 aliphatic rings. The summed E-state index contributed by atoms with van der Waals surface area (Å²) >= 11 is 6.06. The standard InChI is InChI=1S/C18H26ClN5/c1-4-20-18(21-10-6-8-16-12-22-23-14(16)2)24(3)13-15-7-5-9-17(19)11-15/h5,7,9,11-12H,4,6,8,10,13H2,1-3H3,(H,20,21)(H,22,23). The quantitative estimate of drug-likeness (QED) is 0.458. The zero-order valence-corrected chi connectivity index (χ0v) is 15.4. The van der Waals surface area contributed by atoms with Crippen molar-refractivity contribution in [3.8, 4) is 0 Å². The van der Waals surface area contributed by atoms with E-state index in [2.05, 4.69) is 40.3 Å². The van der Waals surface area contributed by atoms with Gasteiger partial charge in [0.2, 0.25) is 0 Å². The number of aryl methyl sites for hydroxylation is 2. The van der Waals surface area contributed by atoms with Gasteiger partial charge in [0.1, 0.15) is 0 Å². The summed E-state index contributed by atoms with van der Waals surface area (Å²) in [6, 6.07) is 7.93. The van der Waals surface area contributed by atoms with Crippen LogP contribution >= 0.6 is 11.6 Å². The number of hydrogen-bond acceptors (Lipinski definition) is 2. The van der Waals surface area contributed by atoms with E-state index in [0.29, 0.717) is 0 Å². The van der Waals surface area contributed by atoms with E-state index in [0.717, 1.165) is 49.2 Å².